The molecule has 9 heteroatoms. The van der Waals surface area contributed by atoms with Crippen LogP contribution in [0, 0.1) is 0 Å². The van der Waals surface area contributed by atoms with Gasteiger partial charge in [-0.05, 0) is 17.7 Å². The summed E-state index contributed by atoms with van der Waals surface area (Å²) >= 11 is 0. The van der Waals surface area contributed by atoms with Crippen LogP contribution in [0.5, 0.6) is 5.75 Å². The topological polar surface area (TPSA) is 99.8 Å². The summed E-state index contributed by atoms with van der Waals surface area (Å²) in [7, 11) is 1.62. The number of aromatic amines is 1. The molecule has 2 aliphatic heterocycles. The molecular formula is C22H29N5O4. The van der Waals surface area contributed by atoms with Gasteiger partial charge < -0.3 is 19.7 Å². The van der Waals surface area contributed by atoms with Crippen LogP contribution in [0.4, 0.5) is 0 Å². The van der Waals surface area contributed by atoms with Gasteiger partial charge in [-0.25, -0.2) is 0 Å². The van der Waals surface area contributed by atoms with Gasteiger partial charge in [0.15, 0.2) is 5.69 Å². The minimum Gasteiger partial charge on any atom is -0.497 e. The molecule has 31 heavy (non-hydrogen) atoms. The number of hydrogen-bond donors (Lipinski definition) is 2. The zero-order valence-electron chi connectivity index (χ0n) is 17.9. The number of rotatable bonds is 7. The molecule has 2 amide bonds. The maximum Gasteiger partial charge on any atom is 0.272 e. The number of H-pyrrole nitrogens is 1. The summed E-state index contributed by atoms with van der Waals surface area (Å²) in [5, 5.41) is 10.2. The van der Waals surface area contributed by atoms with E-state index in [1.54, 1.807) is 12.0 Å². The predicted molar refractivity (Wildman–Crippen MR) is 114 cm³/mol. The van der Waals surface area contributed by atoms with Crippen molar-refractivity contribution in [2.24, 2.45) is 0 Å². The van der Waals surface area contributed by atoms with E-state index in [4.69, 9.17) is 9.47 Å². The second-order valence-electron chi connectivity index (χ2n) is 7.83. The molecule has 9 nitrogen and oxygen atoms in total. The molecule has 2 N–H and O–H groups in total. The molecule has 1 saturated heterocycles. The van der Waals surface area contributed by atoms with Gasteiger partial charge in [0, 0.05) is 56.9 Å². The molecule has 0 spiro atoms. The molecule has 0 aliphatic carbocycles. The van der Waals surface area contributed by atoms with Crippen molar-refractivity contribution < 1.29 is 19.1 Å². The van der Waals surface area contributed by atoms with Crippen LogP contribution in [0.25, 0.3) is 0 Å². The van der Waals surface area contributed by atoms with Gasteiger partial charge in [-0.15, -0.1) is 0 Å². The Morgan fingerprint density at radius 3 is 2.71 bits per heavy atom. The molecule has 0 atom stereocenters. The van der Waals surface area contributed by atoms with Gasteiger partial charge in [0.25, 0.3) is 5.91 Å². The molecule has 0 saturated carbocycles. The monoisotopic (exact) mass is 427 g/mol. The zero-order valence-corrected chi connectivity index (χ0v) is 17.9. The maximum absolute atomic E-state index is 12.8. The van der Waals surface area contributed by atoms with Gasteiger partial charge in [0.05, 0.1) is 26.7 Å². The van der Waals surface area contributed by atoms with Crippen molar-refractivity contribution >= 4 is 11.8 Å². The summed E-state index contributed by atoms with van der Waals surface area (Å²) < 4.78 is 10.5. The van der Waals surface area contributed by atoms with Crippen LogP contribution in [0.2, 0.25) is 0 Å². The van der Waals surface area contributed by atoms with Gasteiger partial charge in [-0.1, -0.05) is 12.1 Å². The highest BCUT2D eigenvalue weighted by Crippen LogP contribution is 2.21. The summed E-state index contributed by atoms with van der Waals surface area (Å²) in [6.45, 7) is 5.60. The van der Waals surface area contributed by atoms with Crippen LogP contribution >= 0.6 is 0 Å². The number of nitrogens with zero attached hydrogens (tertiary/aromatic N) is 3. The Kier molecular flexibility index (Phi) is 6.83. The number of nitrogens with one attached hydrogen (secondary N) is 2. The third kappa shape index (κ3) is 5.23. The standard InChI is InChI=1S/C22H29N5O4/c1-30-17-4-2-16(3-5-17)14-20(28)27-8-6-19-18(15-27)21(25-24-19)22(29)23-7-9-26-10-12-31-13-11-26/h2-5H,6-15H2,1H3,(H,23,29)(H,24,25). The Bertz CT molecular complexity index is 905. The van der Waals surface area contributed by atoms with E-state index >= 15 is 0 Å². The zero-order chi connectivity index (χ0) is 21.6. The van der Waals surface area contributed by atoms with E-state index in [1.165, 1.54) is 0 Å². The summed E-state index contributed by atoms with van der Waals surface area (Å²) in [6.07, 6.45) is 0.982. The number of carbonyl (C=O) groups excluding carboxylic acids is 2. The van der Waals surface area contributed by atoms with Crippen molar-refractivity contribution in [2.75, 3.05) is 53.0 Å². The smallest absolute Gasteiger partial charge is 0.272 e. The van der Waals surface area contributed by atoms with E-state index in [-0.39, 0.29) is 11.8 Å². The first-order valence-corrected chi connectivity index (χ1v) is 10.7. The van der Waals surface area contributed by atoms with Crippen molar-refractivity contribution in [2.45, 2.75) is 19.4 Å². The van der Waals surface area contributed by atoms with Gasteiger partial charge in [-0.2, -0.15) is 5.10 Å². The second-order valence-corrected chi connectivity index (χ2v) is 7.83. The Morgan fingerprint density at radius 2 is 1.97 bits per heavy atom. The fourth-order valence-electron chi connectivity index (χ4n) is 3.96. The lowest BCUT2D eigenvalue weighted by Crippen LogP contribution is -2.41. The van der Waals surface area contributed by atoms with Crippen molar-refractivity contribution in [1.82, 2.24) is 25.3 Å². The Morgan fingerprint density at radius 1 is 1.19 bits per heavy atom. The summed E-state index contributed by atoms with van der Waals surface area (Å²) in [4.78, 5) is 29.6. The minimum atomic E-state index is -0.199. The minimum absolute atomic E-state index is 0.0377. The number of aromatic nitrogens is 2. The Labute approximate surface area is 181 Å². The molecule has 0 radical (unpaired) electrons. The van der Waals surface area contributed by atoms with Crippen LogP contribution in [0.1, 0.15) is 27.3 Å². The second kappa shape index (κ2) is 9.93. The molecule has 4 rings (SSSR count). The van der Waals surface area contributed by atoms with E-state index in [2.05, 4.69) is 20.4 Å². The molecule has 2 aliphatic rings. The number of ether oxygens (including phenoxy) is 2. The number of morpholine rings is 1. The lowest BCUT2D eigenvalue weighted by molar-refractivity contribution is -0.131. The van der Waals surface area contributed by atoms with Crippen LogP contribution in [0.15, 0.2) is 24.3 Å². The fraction of sp³-hybridized carbons (Fsp3) is 0.500. The van der Waals surface area contributed by atoms with E-state index in [9.17, 15) is 9.59 Å². The van der Waals surface area contributed by atoms with Crippen LogP contribution in [-0.2, 0) is 28.9 Å². The molecule has 3 heterocycles. The van der Waals surface area contributed by atoms with Gasteiger partial charge in [0.2, 0.25) is 5.91 Å². The summed E-state index contributed by atoms with van der Waals surface area (Å²) in [5.74, 6) is 0.604. The van der Waals surface area contributed by atoms with E-state index in [1.807, 2.05) is 24.3 Å². The van der Waals surface area contributed by atoms with Crippen molar-refractivity contribution in [3.63, 3.8) is 0 Å². The average Bonchev–Trinajstić information content (AvgIpc) is 3.23. The third-order valence-electron chi connectivity index (χ3n) is 5.83. The number of carbonyl (C=O) groups is 2. The lowest BCUT2D eigenvalue weighted by Gasteiger charge is -2.27. The summed E-state index contributed by atoms with van der Waals surface area (Å²) in [5.41, 5.74) is 3.08. The molecule has 0 unspecified atom stereocenters. The van der Waals surface area contributed by atoms with Crippen LogP contribution in [0.3, 0.4) is 0 Å². The number of fused-ring (bicyclic) bond motifs is 1. The average molecular weight is 428 g/mol. The van der Waals surface area contributed by atoms with Gasteiger partial charge in [0.1, 0.15) is 5.75 Å². The highest BCUT2D eigenvalue weighted by molar-refractivity contribution is 5.94. The molecule has 1 fully saturated rings. The van der Waals surface area contributed by atoms with Crippen LogP contribution in [-0.4, -0.2) is 84.9 Å². The van der Waals surface area contributed by atoms with Crippen molar-refractivity contribution in [3.8, 4) is 5.75 Å². The first-order chi connectivity index (χ1) is 15.1. The number of methoxy groups -OCH3 is 1. The molecular weight excluding hydrogens is 398 g/mol. The first kappa shape index (κ1) is 21.3. The molecule has 2 aromatic rings. The SMILES string of the molecule is COc1ccc(CC(=O)N2CCc3[nH]nc(C(=O)NCCN4CCOCC4)c3C2)cc1. The molecule has 1 aromatic carbocycles. The maximum atomic E-state index is 12.8. The van der Waals surface area contributed by atoms with Gasteiger partial charge in [-0.3, -0.25) is 19.6 Å². The van der Waals surface area contributed by atoms with Crippen molar-refractivity contribution in [3.05, 3.63) is 46.8 Å². The quantitative estimate of drug-likeness (QED) is 0.672. The van der Waals surface area contributed by atoms with Gasteiger partial charge >= 0.3 is 0 Å². The highest BCUT2D eigenvalue weighted by atomic mass is 16.5. The van der Waals surface area contributed by atoms with E-state index < -0.39 is 0 Å². The lowest BCUT2D eigenvalue weighted by atomic mass is 10.0. The fourth-order valence-corrected chi connectivity index (χ4v) is 3.96. The summed E-state index contributed by atoms with van der Waals surface area (Å²) in [6, 6.07) is 7.51. The molecule has 166 valence electrons. The van der Waals surface area contributed by atoms with E-state index in [0.29, 0.717) is 38.2 Å². The Hall–Kier alpha value is -2.91. The van der Waals surface area contributed by atoms with Crippen LogP contribution < -0.4 is 10.1 Å². The van der Waals surface area contributed by atoms with Crippen molar-refractivity contribution in [1.29, 1.82) is 0 Å². The number of amides is 2. The Balaban J connectivity index is 1.33. The number of benzene rings is 1. The molecule has 1 aromatic heterocycles. The number of hydrogen-bond acceptors (Lipinski definition) is 6. The largest absolute Gasteiger partial charge is 0.497 e. The molecule has 0 bridgehead atoms. The first-order valence-electron chi connectivity index (χ1n) is 10.7. The third-order valence-corrected chi connectivity index (χ3v) is 5.83. The van der Waals surface area contributed by atoms with E-state index in [0.717, 1.165) is 55.4 Å². The highest BCUT2D eigenvalue weighted by Gasteiger charge is 2.27. The predicted octanol–water partition coefficient (Wildman–Crippen LogP) is 0.608. The normalized spacial score (nSPS) is 16.6.